The summed E-state index contributed by atoms with van der Waals surface area (Å²) in [7, 11) is 0. The number of hydrogen-bond acceptors (Lipinski definition) is 2. The number of ketones is 1. The van der Waals surface area contributed by atoms with Crippen LogP contribution in [0.15, 0.2) is 0 Å². The second kappa shape index (κ2) is 5.07. The molecule has 1 N–H and O–H groups in total. The van der Waals surface area contributed by atoms with Gasteiger partial charge in [0.05, 0.1) is 0 Å². The Labute approximate surface area is 140 Å². The average Bonchev–Trinajstić information content (AvgIpc) is 2.79. The van der Waals surface area contributed by atoms with E-state index >= 15 is 0 Å². The van der Waals surface area contributed by atoms with Gasteiger partial charge in [-0.2, -0.15) is 0 Å². The molecule has 1 amide bonds. The third kappa shape index (κ3) is 2.01. The van der Waals surface area contributed by atoms with Crippen molar-refractivity contribution < 1.29 is 9.59 Å². The van der Waals surface area contributed by atoms with Gasteiger partial charge in [-0.05, 0) is 61.2 Å². The van der Waals surface area contributed by atoms with Gasteiger partial charge in [0.1, 0.15) is 5.78 Å². The number of amides is 1. The van der Waals surface area contributed by atoms with Crippen LogP contribution in [-0.2, 0) is 9.59 Å². The minimum Gasteiger partial charge on any atom is -0.353 e. The number of hydrogen-bond donors (Lipinski definition) is 1. The van der Waals surface area contributed by atoms with E-state index in [1.54, 1.807) is 0 Å². The lowest BCUT2D eigenvalue weighted by Gasteiger charge is -2.59. The van der Waals surface area contributed by atoms with Crippen LogP contribution >= 0.6 is 0 Å². The van der Waals surface area contributed by atoms with Crippen LogP contribution in [-0.4, -0.2) is 17.7 Å². The summed E-state index contributed by atoms with van der Waals surface area (Å²) in [6.07, 6.45) is 8.26. The Hall–Kier alpha value is -0.860. The Morgan fingerprint density at radius 2 is 1.91 bits per heavy atom. The molecule has 4 fully saturated rings. The van der Waals surface area contributed by atoms with E-state index in [-0.39, 0.29) is 16.7 Å². The average molecular weight is 317 g/mol. The van der Waals surface area contributed by atoms with Crippen molar-refractivity contribution in [3.8, 4) is 0 Å². The molecule has 3 aliphatic carbocycles. The molecule has 0 aromatic heterocycles. The third-order valence-corrected chi connectivity index (χ3v) is 8.46. The summed E-state index contributed by atoms with van der Waals surface area (Å²) in [5.74, 6) is 3.36. The SMILES string of the molecule is CCC1CC(=O)[C@@]2(C)CC[C@@H]3[C@@H](CCC4NC(=O)CC[C@@]43C)[C@H]12. The maximum absolute atomic E-state index is 12.7. The first-order chi connectivity index (χ1) is 10.9. The summed E-state index contributed by atoms with van der Waals surface area (Å²) in [4.78, 5) is 24.6. The number of carbonyl (C=O) groups is 2. The van der Waals surface area contributed by atoms with Crippen molar-refractivity contribution in [3.63, 3.8) is 0 Å². The Morgan fingerprint density at radius 1 is 1.13 bits per heavy atom. The van der Waals surface area contributed by atoms with Crippen molar-refractivity contribution in [1.29, 1.82) is 0 Å². The molecule has 1 heterocycles. The van der Waals surface area contributed by atoms with Crippen LogP contribution in [0.5, 0.6) is 0 Å². The number of fused-ring (bicyclic) bond motifs is 5. The molecule has 128 valence electrons. The number of Topliss-reactive ketones (excluding diaryl/α,β-unsaturated/α-hetero) is 1. The molecule has 3 saturated carbocycles. The van der Waals surface area contributed by atoms with Crippen molar-refractivity contribution in [2.75, 3.05) is 0 Å². The Morgan fingerprint density at radius 3 is 2.65 bits per heavy atom. The first-order valence-electron chi connectivity index (χ1n) is 9.73. The van der Waals surface area contributed by atoms with Gasteiger partial charge in [0, 0.05) is 24.3 Å². The topological polar surface area (TPSA) is 46.2 Å². The summed E-state index contributed by atoms with van der Waals surface area (Å²) in [6, 6.07) is 0.367. The molecule has 7 atom stereocenters. The fourth-order valence-corrected chi connectivity index (χ4v) is 7.14. The highest BCUT2D eigenvalue weighted by molar-refractivity contribution is 5.87. The predicted octanol–water partition coefficient (Wildman–Crippen LogP) is 3.71. The maximum atomic E-state index is 12.7. The lowest BCUT2D eigenvalue weighted by molar-refractivity contribution is -0.142. The van der Waals surface area contributed by atoms with Crippen molar-refractivity contribution >= 4 is 11.7 Å². The first-order valence-corrected chi connectivity index (χ1v) is 9.73. The molecular weight excluding hydrogens is 286 g/mol. The molecule has 2 unspecified atom stereocenters. The van der Waals surface area contributed by atoms with Crippen LogP contribution < -0.4 is 5.32 Å². The zero-order valence-corrected chi connectivity index (χ0v) is 14.9. The van der Waals surface area contributed by atoms with Gasteiger partial charge in [-0.3, -0.25) is 9.59 Å². The van der Waals surface area contributed by atoms with Gasteiger partial charge in [0.2, 0.25) is 5.91 Å². The highest BCUT2D eigenvalue weighted by Crippen LogP contribution is 2.64. The standard InChI is InChI=1S/C20H31NO2/c1-4-12-11-16(22)20(3)9-7-14-13(18(12)20)5-6-15-19(14,2)10-8-17(23)21-15/h12-15,18H,4-11H2,1-3H3,(H,21,23)/t12?,13-,14-,15?,18+,19-,20-/m1/s1. The van der Waals surface area contributed by atoms with Crippen LogP contribution in [0.2, 0.25) is 0 Å². The van der Waals surface area contributed by atoms with E-state index in [1.807, 2.05) is 0 Å². The van der Waals surface area contributed by atoms with E-state index in [2.05, 4.69) is 26.1 Å². The van der Waals surface area contributed by atoms with Gasteiger partial charge < -0.3 is 5.32 Å². The lowest BCUT2D eigenvalue weighted by Crippen LogP contribution is -2.61. The molecule has 0 aromatic rings. The fraction of sp³-hybridized carbons (Fsp3) is 0.900. The zero-order chi connectivity index (χ0) is 16.4. The maximum Gasteiger partial charge on any atom is 0.220 e. The van der Waals surface area contributed by atoms with Crippen LogP contribution in [0.25, 0.3) is 0 Å². The molecule has 4 aliphatic rings. The van der Waals surface area contributed by atoms with Crippen molar-refractivity contribution in [3.05, 3.63) is 0 Å². The molecule has 0 bridgehead atoms. The van der Waals surface area contributed by atoms with Crippen LogP contribution in [0.1, 0.15) is 72.1 Å². The van der Waals surface area contributed by atoms with Gasteiger partial charge in [-0.1, -0.05) is 27.2 Å². The normalized spacial score (nSPS) is 52.4. The number of nitrogens with one attached hydrogen (secondary N) is 1. The molecule has 0 radical (unpaired) electrons. The zero-order valence-electron chi connectivity index (χ0n) is 14.9. The molecule has 0 aromatic carbocycles. The molecule has 23 heavy (non-hydrogen) atoms. The minimum atomic E-state index is -0.0526. The van der Waals surface area contributed by atoms with E-state index in [4.69, 9.17) is 0 Å². The summed E-state index contributed by atoms with van der Waals surface area (Å²) >= 11 is 0. The number of piperidine rings is 1. The molecule has 0 spiro atoms. The van der Waals surface area contributed by atoms with Crippen LogP contribution in [0, 0.1) is 34.5 Å². The predicted molar refractivity (Wildman–Crippen MR) is 89.7 cm³/mol. The molecule has 3 nitrogen and oxygen atoms in total. The second-order valence-electron chi connectivity index (χ2n) is 9.25. The summed E-state index contributed by atoms with van der Waals surface area (Å²) in [5, 5.41) is 3.29. The van der Waals surface area contributed by atoms with E-state index in [1.165, 1.54) is 12.8 Å². The quantitative estimate of drug-likeness (QED) is 0.801. The number of rotatable bonds is 1. The molecule has 1 aliphatic heterocycles. The largest absolute Gasteiger partial charge is 0.353 e. The Balaban J connectivity index is 1.68. The summed E-state index contributed by atoms with van der Waals surface area (Å²) in [5.41, 5.74) is 0.199. The molecule has 3 heteroatoms. The van der Waals surface area contributed by atoms with E-state index in [0.717, 1.165) is 32.1 Å². The third-order valence-electron chi connectivity index (χ3n) is 8.46. The monoisotopic (exact) mass is 317 g/mol. The van der Waals surface area contributed by atoms with Gasteiger partial charge in [0.15, 0.2) is 0 Å². The first kappa shape index (κ1) is 15.7. The van der Waals surface area contributed by atoms with E-state index < -0.39 is 0 Å². The Kier molecular flexibility index (Phi) is 3.45. The van der Waals surface area contributed by atoms with Crippen LogP contribution in [0.4, 0.5) is 0 Å². The van der Waals surface area contributed by atoms with Gasteiger partial charge in [0.25, 0.3) is 0 Å². The second-order valence-corrected chi connectivity index (χ2v) is 9.25. The van der Waals surface area contributed by atoms with Crippen molar-refractivity contribution in [1.82, 2.24) is 5.32 Å². The molecule has 1 saturated heterocycles. The van der Waals surface area contributed by atoms with E-state index in [0.29, 0.717) is 41.9 Å². The highest BCUT2D eigenvalue weighted by Gasteiger charge is 2.62. The van der Waals surface area contributed by atoms with Gasteiger partial charge >= 0.3 is 0 Å². The van der Waals surface area contributed by atoms with E-state index in [9.17, 15) is 9.59 Å². The van der Waals surface area contributed by atoms with Gasteiger partial charge in [-0.25, -0.2) is 0 Å². The lowest BCUT2D eigenvalue weighted by atomic mass is 9.47. The van der Waals surface area contributed by atoms with Crippen molar-refractivity contribution in [2.24, 2.45) is 34.5 Å². The highest BCUT2D eigenvalue weighted by atomic mass is 16.1. The van der Waals surface area contributed by atoms with Gasteiger partial charge in [-0.15, -0.1) is 0 Å². The molecule has 4 rings (SSSR count). The Bertz CT molecular complexity index is 544. The fourth-order valence-electron chi connectivity index (χ4n) is 7.14. The summed E-state index contributed by atoms with van der Waals surface area (Å²) in [6.45, 7) is 6.96. The smallest absolute Gasteiger partial charge is 0.220 e. The minimum absolute atomic E-state index is 0.0526. The number of carbonyl (C=O) groups excluding carboxylic acids is 2. The van der Waals surface area contributed by atoms with Crippen LogP contribution in [0.3, 0.4) is 0 Å². The molecular formula is C20H31NO2. The van der Waals surface area contributed by atoms with Crippen molar-refractivity contribution in [2.45, 2.75) is 78.2 Å². The summed E-state index contributed by atoms with van der Waals surface area (Å²) < 4.78 is 0.